The SMILES string of the molecule is COC(=O)[C@H](CC[S@](=O)c1ccccc1)NC(=O)CO. The van der Waals surface area contributed by atoms with E-state index in [1.165, 1.54) is 7.11 Å². The van der Waals surface area contributed by atoms with Crippen molar-refractivity contribution in [2.24, 2.45) is 0 Å². The molecule has 1 rings (SSSR count). The van der Waals surface area contributed by atoms with Crippen LogP contribution in [0.3, 0.4) is 0 Å². The molecule has 0 saturated heterocycles. The molecule has 0 unspecified atom stereocenters. The number of benzene rings is 1. The molecular formula is C13H17NO5S. The van der Waals surface area contributed by atoms with Crippen LogP contribution < -0.4 is 5.32 Å². The summed E-state index contributed by atoms with van der Waals surface area (Å²) < 4.78 is 16.6. The van der Waals surface area contributed by atoms with Crippen LogP contribution >= 0.6 is 0 Å². The number of carbonyl (C=O) groups is 2. The maximum absolute atomic E-state index is 12.0. The van der Waals surface area contributed by atoms with Crippen LogP contribution in [-0.4, -0.2) is 46.7 Å². The maximum atomic E-state index is 12.0. The Hall–Kier alpha value is -1.73. The third-order valence-corrected chi connectivity index (χ3v) is 3.97. The van der Waals surface area contributed by atoms with Gasteiger partial charge in [0.1, 0.15) is 12.6 Å². The molecule has 20 heavy (non-hydrogen) atoms. The number of rotatable bonds is 7. The molecule has 2 N–H and O–H groups in total. The van der Waals surface area contributed by atoms with E-state index in [4.69, 9.17) is 5.11 Å². The van der Waals surface area contributed by atoms with Crippen LogP contribution in [0.15, 0.2) is 35.2 Å². The van der Waals surface area contributed by atoms with Gasteiger partial charge in [0.05, 0.1) is 17.9 Å². The molecule has 0 aliphatic heterocycles. The van der Waals surface area contributed by atoms with Crippen LogP contribution in [0.2, 0.25) is 0 Å². The molecule has 7 heteroatoms. The van der Waals surface area contributed by atoms with Crippen molar-refractivity contribution in [3.63, 3.8) is 0 Å². The molecule has 0 aromatic heterocycles. The summed E-state index contributed by atoms with van der Waals surface area (Å²) in [6.07, 6.45) is 0.167. The lowest BCUT2D eigenvalue weighted by molar-refractivity contribution is -0.145. The second-order valence-corrected chi connectivity index (χ2v) is 5.52. The third-order valence-electron chi connectivity index (χ3n) is 2.56. The topological polar surface area (TPSA) is 92.7 Å². The predicted molar refractivity (Wildman–Crippen MR) is 73.4 cm³/mol. The number of hydrogen-bond donors (Lipinski definition) is 2. The second kappa shape index (κ2) is 8.44. The summed E-state index contributed by atoms with van der Waals surface area (Å²) in [7, 11) is -0.0579. The molecule has 0 radical (unpaired) electrons. The first-order valence-corrected chi connectivity index (χ1v) is 7.32. The lowest BCUT2D eigenvalue weighted by Gasteiger charge is -2.15. The van der Waals surface area contributed by atoms with E-state index >= 15 is 0 Å². The maximum Gasteiger partial charge on any atom is 0.328 e. The number of carbonyl (C=O) groups excluding carboxylic acids is 2. The summed E-state index contributed by atoms with van der Waals surface area (Å²) in [6.45, 7) is -0.713. The molecule has 0 fully saturated rings. The molecule has 110 valence electrons. The van der Waals surface area contributed by atoms with Crippen LogP contribution in [0.4, 0.5) is 0 Å². The van der Waals surface area contributed by atoms with Gasteiger partial charge in [-0.1, -0.05) is 18.2 Å². The van der Waals surface area contributed by atoms with E-state index in [1.54, 1.807) is 24.3 Å². The van der Waals surface area contributed by atoms with E-state index in [1.807, 2.05) is 6.07 Å². The number of aliphatic hydroxyl groups excluding tert-OH is 1. The van der Waals surface area contributed by atoms with Crippen molar-refractivity contribution in [1.29, 1.82) is 0 Å². The average Bonchev–Trinajstić information content (AvgIpc) is 2.50. The van der Waals surface area contributed by atoms with Crippen molar-refractivity contribution in [2.75, 3.05) is 19.5 Å². The van der Waals surface area contributed by atoms with Crippen molar-refractivity contribution < 1.29 is 23.6 Å². The predicted octanol–water partition coefficient (Wildman–Crippen LogP) is -0.166. The molecular weight excluding hydrogens is 282 g/mol. The molecule has 0 bridgehead atoms. The van der Waals surface area contributed by atoms with Gasteiger partial charge in [-0.3, -0.25) is 9.00 Å². The van der Waals surface area contributed by atoms with Crippen molar-refractivity contribution in [1.82, 2.24) is 5.32 Å². The Bertz CT molecular complexity index is 477. The van der Waals surface area contributed by atoms with E-state index in [9.17, 15) is 13.8 Å². The van der Waals surface area contributed by atoms with Crippen LogP contribution in [0.25, 0.3) is 0 Å². The molecule has 0 heterocycles. The number of aliphatic hydroxyl groups is 1. The number of hydrogen-bond acceptors (Lipinski definition) is 5. The Morgan fingerprint density at radius 2 is 2.00 bits per heavy atom. The van der Waals surface area contributed by atoms with Gasteiger partial charge in [0.2, 0.25) is 5.91 Å². The minimum absolute atomic E-state index is 0.167. The smallest absolute Gasteiger partial charge is 0.328 e. The third kappa shape index (κ3) is 5.10. The molecule has 0 spiro atoms. The first-order chi connectivity index (χ1) is 9.58. The van der Waals surface area contributed by atoms with Crippen LogP contribution in [-0.2, 0) is 25.1 Å². The molecule has 1 aromatic carbocycles. The molecule has 1 amide bonds. The molecule has 0 saturated carbocycles. The van der Waals surface area contributed by atoms with Crippen molar-refractivity contribution >= 4 is 22.7 Å². The Morgan fingerprint density at radius 3 is 2.55 bits per heavy atom. The van der Waals surface area contributed by atoms with Crippen molar-refractivity contribution in [3.8, 4) is 0 Å². The van der Waals surface area contributed by atoms with Crippen LogP contribution in [0.5, 0.6) is 0 Å². The molecule has 6 nitrogen and oxygen atoms in total. The van der Waals surface area contributed by atoms with E-state index in [0.717, 1.165) is 0 Å². The molecule has 2 atom stereocenters. The Kier molecular flexibility index (Phi) is 6.89. The van der Waals surface area contributed by atoms with E-state index in [0.29, 0.717) is 4.90 Å². The Labute approximate surface area is 119 Å². The van der Waals surface area contributed by atoms with Crippen LogP contribution in [0.1, 0.15) is 6.42 Å². The first kappa shape index (κ1) is 16.3. The second-order valence-electron chi connectivity index (χ2n) is 3.95. The number of ether oxygens (including phenoxy) is 1. The van der Waals surface area contributed by atoms with Crippen molar-refractivity contribution in [2.45, 2.75) is 17.4 Å². The van der Waals surface area contributed by atoms with Gasteiger partial charge in [-0.25, -0.2) is 4.79 Å². The zero-order valence-electron chi connectivity index (χ0n) is 11.1. The standard InChI is InChI=1S/C13H17NO5S/c1-19-13(17)11(14-12(16)9-15)7-8-20(18)10-5-3-2-4-6-10/h2-6,11,15H,7-9H2,1H3,(H,14,16)/t11-,20-/m0/s1. The number of nitrogens with one attached hydrogen (secondary N) is 1. The molecule has 0 aliphatic carbocycles. The van der Waals surface area contributed by atoms with Gasteiger partial charge in [-0.2, -0.15) is 0 Å². The Balaban J connectivity index is 2.60. The zero-order valence-corrected chi connectivity index (χ0v) is 11.9. The van der Waals surface area contributed by atoms with E-state index in [-0.39, 0.29) is 12.2 Å². The molecule has 1 aromatic rings. The van der Waals surface area contributed by atoms with Gasteiger partial charge in [-0.05, 0) is 18.6 Å². The number of methoxy groups -OCH3 is 1. The monoisotopic (exact) mass is 299 g/mol. The van der Waals surface area contributed by atoms with Gasteiger partial charge >= 0.3 is 5.97 Å². The Morgan fingerprint density at radius 1 is 1.35 bits per heavy atom. The summed E-state index contributed by atoms with van der Waals surface area (Å²) in [5, 5.41) is 11.0. The van der Waals surface area contributed by atoms with Gasteiger partial charge in [0.15, 0.2) is 0 Å². The highest BCUT2D eigenvalue weighted by molar-refractivity contribution is 7.85. The first-order valence-electron chi connectivity index (χ1n) is 6.00. The highest BCUT2D eigenvalue weighted by atomic mass is 32.2. The number of amides is 1. The summed E-state index contributed by atoms with van der Waals surface area (Å²) >= 11 is 0. The lowest BCUT2D eigenvalue weighted by Crippen LogP contribution is -2.43. The fraction of sp³-hybridized carbons (Fsp3) is 0.385. The zero-order chi connectivity index (χ0) is 15.0. The minimum atomic E-state index is -1.26. The fourth-order valence-corrected chi connectivity index (χ4v) is 2.69. The quantitative estimate of drug-likeness (QED) is 0.682. The summed E-state index contributed by atoms with van der Waals surface area (Å²) in [5.74, 6) is -1.10. The minimum Gasteiger partial charge on any atom is -0.467 e. The van der Waals surface area contributed by atoms with Crippen LogP contribution in [0, 0.1) is 0 Å². The lowest BCUT2D eigenvalue weighted by atomic mass is 10.2. The summed E-state index contributed by atoms with van der Waals surface area (Å²) in [4.78, 5) is 23.3. The molecule has 0 aliphatic rings. The summed E-state index contributed by atoms with van der Waals surface area (Å²) in [6, 6.07) is 7.93. The normalized spacial score (nSPS) is 13.3. The summed E-state index contributed by atoms with van der Waals surface area (Å²) in [5.41, 5.74) is 0. The largest absolute Gasteiger partial charge is 0.467 e. The van der Waals surface area contributed by atoms with Gasteiger partial charge in [0.25, 0.3) is 0 Å². The number of esters is 1. The fourth-order valence-electron chi connectivity index (χ4n) is 1.55. The highest BCUT2D eigenvalue weighted by Gasteiger charge is 2.22. The van der Waals surface area contributed by atoms with Gasteiger partial charge in [-0.15, -0.1) is 0 Å². The van der Waals surface area contributed by atoms with Gasteiger partial charge in [0, 0.05) is 10.6 Å². The van der Waals surface area contributed by atoms with Crippen molar-refractivity contribution in [3.05, 3.63) is 30.3 Å². The highest BCUT2D eigenvalue weighted by Crippen LogP contribution is 2.08. The average molecular weight is 299 g/mol. The van der Waals surface area contributed by atoms with E-state index in [2.05, 4.69) is 10.1 Å². The van der Waals surface area contributed by atoms with E-state index < -0.39 is 35.3 Å². The van der Waals surface area contributed by atoms with Gasteiger partial charge < -0.3 is 15.2 Å².